The molecule has 0 atom stereocenters. The Labute approximate surface area is 166 Å². The first-order valence-electron chi connectivity index (χ1n) is 9.52. The van der Waals surface area contributed by atoms with Crippen LogP contribution in [0.25, 0.3) is 22.3 Å². The Kier molecular flexibility index (Phi) is 3.90. The normalized spacial score (nSPS) is 16.3. The number of aryl methyl sites for hydroxylation is 1. The first-order valence-corrected chi connectivity index (χ1v) is 9.52. The van der Waals surface area contributed by atoms with E-state index in [4.69, 9.17) is 10.1 Å². The van der Waals surface area contributed by atoms with Crippen LogP contribution in [0.5, 0.6) is 0 Å². The van der Waals surface area contributed by atoms with Gasteiger partial charge in [-0.25, -0.2) is 14.8 Å². The standard InChI is InChI=1S/C20H20N6O3/c1-10-18(23-11-8-26(9-11)20(28)29)25-17-12(3-2-4-15(17)22-10)16-7-13-14(24-16)5-6-21-19(13)27/h2-4,7,11,24H,5-6,8-9H2,1H3,(H,21,27)(H,23,25)(H,28,29). The number of H-pyrrole nitrogens is 1. The van der Waals surface area contributed by atoms with Gasteiger partial charge in [0.15, 0.2) is 0 Å². The molecule has 148 valence electrons. The number of carbonyl (C=O) groups is 2. The van der Waals surface area contributed by atoms with E-state index in [1.54, 1.807) is 0 Å². The molecule has 2 amide bonds. The van der Waals surface area contributed by atoms with Crippen LogP contribution in [-0.2, 0) is 6.42 Å². The molecule has 0 spiro atoms. The molecule has 29 heavy (non-hydrogen) atoms. The van der Waals surface area contributed by atoms with Crippen LogP contribution in [0.1, 0.15) is 21.7 Å². The van der Waals surface area contributed by atoms with Gasteiger partial charge in [-0.2, -0.15) is 0 Å². The Balaban J connectivity index is 1.52. The fraction of sp³-hybridized carbons (Fsp3) is 0.300. The molecule has 0 bridgehead atoms. The monoisotopic (exact) mass is 392 g/mol. The highest BCUT2D eigenvalue weighted by atomic mass is 16.4. The lowest BCUT2D eigenvalue weighted by atomic mass is 10.1. The molecule has 0 radical (unpaired) electrons. The van der Waals surface area contributed by atoms with Gasteiger partial charge in [0.25, 0.3) is 5.91 Å². The molecule has 4 N–H and O–H groups in total. The van der Waals surface area contributed by atoms with E-state index in [2.05, 4.69) is 20.6 Å². The first kappa shape index (κ1) is 17.5. The van der Waals surface area contributed by atoms with Crippen molar-refractivity contribution in [3.63, 3.8) is 0 Å². The summed E-state index contributed by atoms with van der Waals surface area (Å²) in [4.78, 5) is 37.3. The topological polar surface area (TPSA) is 123 Å². The van der Waals surface area contributed by atoms with Crippen LogP contribution in [0.3, 0.4) is 0 Å². The molecule has 2 aliphatic heterocycles. The van der Waals surface area contributed by atoms with E-state index in [1.807, 2.05) is 31.2 Å². The van der Waals surface area contributed by atoms with Crippen molar-refractivity contribution >= 4 is 28.9 Å². The van der Waals surface area contributed by atoms with Gasteiger partial charge in [0.1, 0.15) is 11.3 Å². The van der Waals surface area contributed by atoms with Crippen molar-refractivity contribution in [3.8, 4) is 11.3 Å². The average Bonchev–Trinajstić information content (AvgIpc) is 3.09. The van der Waals surface area contributed by atoms with Crippen molar-refractivity contribution in [2.45, 2.75) is 19.4 Å². The highest BCUT2D eigenvalue weighted by Crippen LogP contribution is 2.30. The number of benzene rings is 1. The number of amides is 2. The van der Waals surface area contributed by atoms with Crippen molar-refractivity contribution in [2.24, 2.45) is 0 Å². The number of hydrogen-bond acceptors (Lipinski definition) is 5. The number of nitrogens with one attached hydrogen (secondary N) is 3. The summed E-state index contributed by atoms with van der Waals surface area (Å²) < 4.78 is 0. The number of carboxylic acid groups (broad SMARTS) is 1. The zero-order valence-electron chi connectivity index (χ0n) is 15.8. The van der Waals surface area contributed by atoms with E-state index >= 15 is 0 Å². The molecule has 1 aromatic carbocycles. The minimum absolute atomic E-state index is 0.0187. The van der Waals surface area contributed by atoms with Gasteiger partial charge in [0.2, 0.25) is 0 Å². The summed E-state index contributed by atoms with van der Waals surface area (Å²) in [5.74, 6) is 0.584. The molecule has 1 fully saturated rings. The van der Waals surface area contributed by atoms with Crippen molar-refractivity contribution in [2.75, 3.05) is 25.0 Å². The van der Waals surface area contributed by atoms with Gasteiger partial charge >= 0.3 is 6.09 Å². The Morgan fingerprint density at radius 2 is 2.10 bits per heavy atom. The number of nitrogens with zero attached hydrogens (tertiary/aromatic N) is 3. The molecular weight excluding hydrogens is 372 g/mol. The van der Waals surface area contributed by atoms with Gasteiger partial charge in [-0.3, -0.25) is 4.79 Å². The maximum Gasteiger partial charge on any atom is 0.407 e. The molecule has 9 nitrogen and oxygen atoms in total. The number of aromatic amines is 1. The number of fused-ring (bicyclic) bond motifs is 2. The van der Waals surface area contributed by atoms with Gasteiger partial charge in [-0.15, -0.1) is 0 Å². The third kappa shape index (κ3) is 2.95. The zero-order valence-corrected chi connectivity index (χ0v) is 15.8. The molecular formula is C20H20N6O3. The third-order valence-corrected chi connectivity index (χ3v) is 5.46. The summed E-state index contributed by atoms with van der Waals surface area (Å²) in [5, 5.41) is 15.2. The second-order valence-electron chi connectivity index (χ2n) is 7.44. The summed E-state index contributed by atoms with van der Waals surface area (Å²) >= 11 is 0. The molecule has 4 heterocycles. The van der Waals surface area contributed by atoms with Crippen LogP contribution in [-0.4, -0.2) is 62.6 Å². The Hall–Kier alpha value is -3.62. The van der Waals surface area contributed by atoms with E-state index in [0.29, 0.717) is 31.0 Å². The Bertz CT molecular complexity index is 1150. The highest BCUT2D eigenvalue weighted by molar-refractivity contribution is 5.99. The second kappa shape index (κ2) is 6.47. The van der Waals surface area contributed by atoms with Gasteiger partial charge < -0.3 is 25.6 Å². The van der Waals surface area contributed by atoms with Crippen molar-refractivity contribution < 1.29 is 14.7 Å². The van der Waals surface area contributed by atoms with Crippen LogP contribution < -0.4 is 10.6 Å². The average molecular weight is 392 g/mol. The van der Waals surface area contributed by atoms with E-state index in [9.17, 15) is 9.59 Å². The van der Waals surface area contributed by atoms with E-state index in [1.165, 1.54) is 4.90 Å². The summed E-state index contributed by atoms with van der Waals surface area (Å²) in [6, 6.07) is 7.68. The molecule has 2 aromatic heterocycles. The molecule has 0 aliphatic carbocycles. The van der Waals surface area contributed by atoms with Crippen molar-refractivity contribution in [3.05, 3.63) is 41.2 Å². The Morgan fingerprint density at radius 3 is 2.86 bits per heavy atom. The van der Waals surface area contributed by atoms with Crippen molar-refractivity contribution in [1.29, 1.82) is 0 Å². The quantitative estimate of drug-likeness (QED) is 0.541. The van der Waals surface area contributed by atoms with Gasteiger partial charge in [0.05, 0.1) is 22.8 Å². The largest absolute Gasteiger partial charge is 0.465 e. The van der Waals surface area contributed by atoms with Gasteiger partial charge in [-0.05, 0) is 19.1 Å². The number of rotatable bonds is 3. The second-order valence-corrected chi connectivity index (χ2v) is 7.44. The fourth-order valence-corrected chi connectivity index (χ4v) is 3.88. The van der Waals surface area contributed by atoms with Gasteiger partial charge in [0, 0.05) is 43.0 Å². The summed E-state index contributed by atoms with van der Waals surface area (Å²) in [7, 11) is 0. The molecule has 9 heteroatoms. The summed E-state index contributed by atoms with van der Waals surface area (Å²) in [6.45, 7) is 3.36. The summed E-state index contributed by atoms with van der Waals surface area (Å²) in [5.41, 5.74) is 5.57. The highest BCUT2D eigenvalue weighted by Gasteiger charge is 2.31. The van der Waals surface area contributed by atoms with Crippen molar-refractivity contribution in [1.82, 2.24) is 25.2 Å². The maximum absolute atomic E-state index is 12.1. The lowest BCUT2D eigenvalue weighted by molar-refractivity contribution is 0.0945. The van der Waals surface area contributed by atoms with Gasteiger partial charge in [-0.1, -0.05) is 12.1 Å². The first-order chi connectivity index (χ1) is 14.0. The number of para-hydroxylation sites is 1. The molecule has 0 saturated carbocycles. The number of aromatic nitrogens is 3. The molecule has 0 unspecified atom stereocenters. The van der Waals surface area contributed by atoms with E-state index in [0.717, 1.165) is 40.1 Å². The lowest BCUT2D eigenvalue weighted by Crippen LogP contribution is -2.56. The molecule has 2 aliphatic rings. The van der Waals surface area contributed by atoms with Crippen LogP contribution in [0.15, 0.2) is 24.3 Å². The summed E-state index contributed by atoms with van der Waals surface area (Å²) in [6.07, 6.45) is -0.142. The maximum atomic E-state index is 12.1. The lowest BCUT2D eigenvalue weighted by Gasteiger charge is -2.37. The smallest absolute Gasteiger partial charge is 0.407 e. The number of carbonyl (C=O) groups excluding carboxylic acids is 1. The minimum atomic E-state index is -0.911. The minimum Gasteiger partial charge on any atom is -0.465 e. The van der Waals surface area contributed by atoms with E-state index < -0.39 is 6.09 Å². The van der Waals surface area contributed by atoms with E-state index in [-0.39, 0.29) is 11.9 Å². The molecule has 3 aromatic rings. The Morgan fingerprint density at radius 1 is 1.28 bits per heavy atom. The molecule has 1 saturated heterocycles. The third-order valence-electron chi connectivity index (χ3n) is 5.46. The van der Waals surface area contributed by atoms with Crippen LogP contribution in [0, 0.1) is 6.92 Å². The predicted molar refractivity (Wildman–Crippen MR) is 107 cm³/mol. The number of anilines is 1. The predicted octanol–water partition coefficient (Wildman–Crippen LogP) is 1.99. The zero-order chi connectivity index (χ0) is 20.1. The number of hydrogen-bond donors (Lipinski definition) is 4. The molecule has 5 rings (SSSR count). The van der Waals surface area contributed by atoms with Crippen LogP contribution in [0.2, 0.25) is 0 Å². The fourth-order valence-electron chi connectivity index (χ4n) is 3.88. The number of likely N-dealkylation sites (tertiary alicyclic amines) is 1. The van der Waals surface area contributed by atoms with Crippen LogP contribution in [0.4, 0.5) is 10.6 Å². The SMILES string of the molecule is Cc1nc2cccc(-c3cc4c([nH]3)CCNC4=O)c2nc1NC1CN(C(=O)O)C1. The van der Waals surface area contributed by atoms with Crippen LogP contribution >= 0.6 is 0 Å².